The van der Waals surface area contributed by atoms with Crippen molar-refractivity contribution in [2.75, 3.05) is 0 Å². The Balaban J connectivity index is 0.000000169. The first-order chi connectivity index (χ1) is 51.6. The molecular formula is C73H75BBrF18N7O7S3. The summed E-state index contributed by atoms with van der Waals surface area (Å²) in [5.74, 6) is -4.69. The van der Waals surface area contributed by atoms with Gasteiger partial charge in [-0.05, 0) is 203 Å². The van der Waals surface area contributed by atoms with Crippen LogP contribution < -0.4 is 5.76 Å². The number of aryl methyl sites for hydroxylation is 3. The zero-order valence-electron chi connectivity index (χ0n) is 59.1. The van der Waals surface area contributed by atoms with Gasteiger partial charge in [-0.25, -0.2) is 19.7 Å². The smallest absolute Gasteiger partial charge is 0.427 e. The second-order valence-electron chi connectivity index (χ2n) is 28.6. The molecule has 0 aliphatic heterocycles. The lowest BCUT2D eigenvalue weighted by Crippen LogP contribution is -2.27. The fourth-order valence-electron chi connectivity index (χ4n) is 13.7. The number of rotatable bonds is 19. The van der Waals surface area contributed by atoms with Crippen molar-refractivity contribution in [3.05, 3.63) is 155 Å². The molecule has 4 heterocycles. The molecule has 0 spiro atoms. The van der Waals surface area contributed by atoms with Gasteiger partial charge in [0.2, 0.25) is 0 Å². The summed E-state index contributed by atoms with van der Waals surface area (Å²) in [6.07, 6.45) is -26.5. The number of ether oxygens (including phenoxy) is 3. The predicted octanol–water partition coefficient (Wildman–Crippen LogP) is 22.6. The van der Waals surface area contributed by atoms with Gasteiger partial charge in [-0.2, -0.15) is 89.6 Å². The standard InChI is InChI=1S/C25H25F6N3O3S.C24H24F6N2OS.C21H19BrF6N2OS.C3H7BO2/c1-12-19(38-22(32-12)15-5-7-16(8-6-15)24(26,27)28)20(25(29,30)31)36-11-13-2-9-17(18(10-13)14-3-4-14)21-33-23(35)37-34-21;1-13-20(34-22(32-13)16-6-8-18(9-7-16)23(25,26)27)21(24(28,29)30)33-12-14-2-3-17(11-31)19(10-14)15-4-5-15;1-11-17(32-19(30-11)13-4-6-15(7-5-13)20(23,24)25)18(21(26,27)28)31-10-12-2-3-14(9-29)16(22)8-12;5-4(6)3-1-2-3/h2,9-10,14-16,20H,3-8,11H2,1H3,(H,33,34,35);2-3,10,15-16,18,21H,4-9,12H2,1H3;2-3,8,13,15,18H,4-7,10H2,1H3;3,5-6H,1-2H2. The zero-order chi connectivity index (χ0) is 80.2. The number of aromatic amines is 1. The van der Waals surface area contributed by atoms with E-state index < -0.39 is 86.0 Å². The van der Waals surface area contributed by atoms with E-state index in [9.17, 15) is 89.1 Å². The topological polar surface area (TPSA) is 213 Å². The van der Waals surface area contributed by atoms with E-state index in [-0.39, 0.29) is 170 Å². The number of aromatic nitrogens is 5. The van der Waals surface area contributed by atoms with E-state index in [2.05, 4.69) is 51.6 Å². The third-order valence-corrected chi connectivity index (χ3v) is 25.0. The molecule has 0 amide bonds. The second kappa shape index (κ2) is 35.5. The fraction of sp³-hybridized carbons (Fsp3) is 0.575. The maximum Gasteiger partial charge on any atom is 0.454 e. The van der Waals surface area contributed by atoms with Crippen LogP contribution in [0.1, 0.15) is 249 Å². The highest BCUT2D eigenvalue weighted by molar-refractivity contribution is 9.10. The highest BCUT2D eigenvalue weighted by Crippen LogP contribution is 2.53. The molecule has 0 saturated heterocycles. The molecule has 598 valence electrons. The van der Waals surface area contributed by atoms with Gasteiger partial charge in [-0.1, -0.05) is 54.4 Å². The lowest BCUT2D eigenvalue weighted by Gasteiger charge is -2.28. The maximum atomic E-state index is 14.1. The van der Waals surface area contributed by atoms with Crippen LogP contribution in [0.15, 0.2) is 68.4 Å². The summed E-state index contributed by atoms with van der Waals surface area (Å²) in [6.45, 7) is 3.47. The van der Waals surface area contributed by atoms with Crippen molar-refractivity contribution in [3.8, 4) is 23.5 Å². The van der Waals surface area contributed by atoms with Crippen LogP contribution in [0.5, 0.6) is 0 Å². The van der Waals surface area contributed by atoms with Crippen LogP contribution in [0.3, 0.4) is 0 Å². The number of benzene rings is 3. The molecule has 37 heteroatoms. The molecular weight excluding hydrogens is 1620 g/mol. The minimum absolute atomic E-state index is 0.0383. The molecule has 3 atom stereocenters. The lowest BCUT2D eigenvalue weighted by molar-refractivity contribution is -0.226. The molecule has 14 nitrogen and oxygen atoms in total. The van der Waals surface area contributed by atoms with E-state index in [0.717, 1.165) is 83.7 Å². The number of nitrogens with one attached hydrogen (secondary N) is 1. The van der Waals surface area contributed by atoms with Crippen molar-refractivity contribution < 1.29 is 108 Å². The summed E-state index contributed by atoms with van der Waals surface area (Å²) in [6, 6.07) is 18.6. The average Bonchev–Trinajstić information content (AvgIpc) is 1.65. The largest absolute Gasteiger partial charge is 0.454 e. The van der Waals surface area contributed by atoms with E-state index in [1.165, 1.54) is 39.0 Å². The molecule has 3 unspecified atom stereocenters. The molecule has 0 radical (unpaired) electrons. The van der Waals surface area contributed by atoms with Crippen LogP contribution in [0, 0.1) is 61.2 Å². The first-order valence-corrected chi connectivity index (χ1v) is 38.7. The van der Waals surface area contributed by atoms with Gasteiger partial charge in [0.1, 0.15) is 6.07 Å². The van der Waals surface area contributed by atoms with Gasteiger partial charge in [-0.3, -0.25) is 9.51 Å². The summed E-state index contributed by atoms with van der Waals surface area (Å²) in [5, 5.41) is 39.7. The van der Waals surface area contributed by atoms with E-state index >= 15 is 0 Å². The number of nitriles is 2. The van der Waals surface area contributed by atoms with Crippen LogP contribution >= 0.6 is 49.9 Å². The van der Waals surface area contributed by atoms with Crippen molar-refractivity contribution in [2.24, 2.45) is 17.8 Å². The van der Waals surface area contributed by atoms with Crippen molar-refractivity contribution in [2.45, 2.75) is 247 Å². The Hall–Kier alpha value is -6.45. The molecule has 6 aliphatic carbocycles. The van der Waals surface area contributed by atoms with Gasteiger partial charge in [0.15, 0.2) is 24.1 Å². The van der Waals surface area contributed by atoms with Crippen molar-refractivity contribution in [3.63, 3.8) is 0 Å². The number of nitrogens with zero attached hydrogens (tertiary/aromatic N) is 6. The Morgan fingerprint density at radius 2 is 0.818 bits per heavy atom. The van der Waals surface area contributed by atoms with E-state index in [0.29, 0.717) is 52.9 Å². The fourth-order valence-corrected chi connectivity index (χ4v) is 18.2. The lowest BCUT2D eigenvalue weighted by atomic mass is 9.82. The highest BCUT2D eigenvalue weighted by Gasteiger charge is 2.50. The van der Waals surface area contributed by atoms with Crippen LogP contribution in [0.2, 0.25) is 5.82 Å². The summed E-state index contributed by atoms with van der Waals surface area (Å²) in [7, 11) is -1.04. The Labute approximate surface area is 640 Å². The molecule has 13 rings (SSSR count). The number of hydrogen-bond donors (Lipinski definition) is 3. The normalized spacial score (nSPS) is 21.5. The molecule has 3 aromatic carbocycles. The molecule has 7 aromatic rings. The van der Waals surface area contributed by atoms with E-state index in [1.807, 2.05) is 6.07 Å². The summed E-state index contributed by atoms with van der Waals surface area (Å²) < 4.78 is 263. The molecule has 6 saturated carbocycles. The van der Waals surface area contributed by atoms with E-state index in [1.54, 1.807) is 36.4 Å². The third kappa shape index (κ3) is 22.9. The summed E-state index contributed by atoms with van der Waals surface area (Å²) >= 11 is 5.82. The first-order valence-electron chi connectivity index (χ1n) is 35.5. The molecule has 4 aromatic heterocycles. The van der Waals surface area contributed by atoms with Crippen LogP contribution in [0.4, 0.5) is 79.0 Å². The number of hydrogen-bond acceptors (Lipinski definition) is 16. The third-order valence-electron chi connectivity index (χ3n) is 20.3. The predicted molar refractivity (Wildman–Crippen MR) is 373 cm³/mol. The SMILES string of the molecule is Cc1nc(C2CCC(C(F)(F)F)CC2)sc1C(OCc1ccc(-c2noc(=O)[nH]2)c(C2CC2)c1)C(F)(F)F.Cc1nc(C2CCC(C(F)(F)F)CC2)sc1C(OCc1ccc(C#N)c(Br)c1)C(F)(F)F.Cc1nc(C2CCC(C(F)(F)F)CC2)sc1C(OCc1ccc(C#N)c(C2CC2)c1)C(F)(F)F.OB(O)C1CC1. The number of thiazole rings is 3. The molecule has 6 aliphatic rings. The Morgan fingerprint density at radius 3 is 1.11 bits per heavy atom. The van der Waals surface area contributed by atoms with Crippen LogP contribution in [0.25, 0.3) is 11.4 Å². The molecule has 110 heavy (non-hydrogen) atoms. The molecule has 0 bridgehead atoms. The highest BCUT2D eigenvalue weighted by atomic mass is 79.9. The van der Waals surface area contributed by atoms with Crippen LogP contribution in [-0.4, -0.2) is 79.3 Å². The molecule has 3 N–H and O–H groups in total. The number of H-pyrrole nitrogens is 1. The maximum absolute atomic E-state index is 14.1. The minimum atomic E-state index is -4.71. The number of alkyl halides is 18. The van der Waals surface area contributed by atoms with Crippen molar-refractivity contribution >= 4 is 57.1 Å². The Bertz CT molecular complexity index is 4390. The van der Waals surface area contributed by atoms with Gasteiger partial charge < -0.3 is 24.3 Å². The first kappa shape index (κ1) is 86.0. The monoisotopic (exact) mass is 1690 g/mol. The van der Waals surface area contributed by atoms with Gasteiger partial charge >= 0.3 is 49.9 Å². The second-order valence-corrected chi connectivity index (χ2v) is 32.6. The summed E-state index contributed by atoms with van der Waals surface area (Å²) in [5.41, 5.74) is 5.32. The van der Waals surface area contributed by atoms with Gasteiger partial charge in [0, 0.05) is 27.8 Å². The van der Waals surface area contributed by atoms with E-state index in [4.69, 9.17) is 29.5 Å². The zero-order valence-corrected chi connectivity index (χ0v) is 63.1. The molecule has 6 fully saturated rings. The summed E-state index contributed by atoms with van der Waals surface area (Å²) in [4.78, 5) is 26.5. The van der Waals surface area contributed by atoms with Crippen molar-refractivity contribution in [1.82, 2.24) is 25.1 Å². The average molecular weight is 1690 g/mol. The minimum Gasteiger partial charge on any atom is -0.427 e. The van der Waals surface area contributed by atoms with Gasteiger partial charge in [0.25, 0.3) is 0 Å². The quantitative estimate of drug-likeness (QED) is 0.0508. The van der Waals surface area contributed by atoms with Crippen LogP contribution in [-0.2, 0) is 34.0 Å². The number of halogens is 19. The van der Waals surface area contributed by atoms with Gasteiger partial charge in [-0.15, -0.1) is 34.0 Å². The van der Waals surface area contributed by atoms with Gasteiger partial charge in [0.05, 0.1) is 102 Å². The van der Waals surface area contributed by atoms with Crippen molar-refractivity contribution in [1.29, 1.82) is 10.5 Å². The Morgan fingerprint density at radius 1 is 0.491 bits per heavy atom. The Kier molecular flexibility index (Phi) is 27.8.